The third kappa shape index (κ3) is 9.99. The monoisotopic (exact) mass is 525 g/mol. The van der Waals surface area contributed by atoms with Gasteiger partial charge >= 0.3 is 17.1 Å². The number of piperidine rings is 4. The van der Waals surface area contributed by atoms with Gasteiger partial charge in [-0.15, -0.1) is 24.2 Å². The van der Waals surface area contributed by atoms with E-state index in [0.717, 1.165) is 23.7 Å². The number of hydrogen-bond donors (Lipinski definition) is 0. The van der Waals surface area contributed by atoms with E-state index < -0.39 is 0 Å². The average Bonchev–Trinajstić information content (AvgIpc) is 2.65. The molecule has 4 rings (SSSR count). The van der Waals surface area contributed by atoms with Gasteiger partial charge in [-0.05, 0) is 23.7 Å². The van der Waals surface area contributed by atoms with Crippen molar-refractivity contribution in [3.8, 4) is 0 Å². The molecular weight excluding hydrogens is 472 g/mol. The Hall–Kier alpha value is 0.319. The molecule has 0 saturated carbocycles. The van der Waals surface area contributed by atoms with Crippen LogP contribution in [-0.4, -0.2) is 53.8 Å². The van der Waals surface area contributed by atoms with E-state index in [0.29, 0.717) is 48.3 Å². The summed E-state index contributed by atoms with van der Waals surface area (Å²) in [5.74, 6) is 3.33. The fourth-order valence-electron chi connectivity index (χ4n) is 7.18. The zero-order chi connectivity index (χ0) is 23.4. The van der Waals surface area contributed by atoms with E-state index in [-0.39, 0.29) is 22.5 Å². The molecule has 0 aromatic carbocycles. The molecule has 12 unspecified atom stereocenters. The minimum absolute atomic E-state index is 0. The SMILES string of the molecule is CC1CC(C)[N-]C(C2CC(C)CC(C)[N-]2)C1.CC1CC(C)[N-]C(C2CC(C)CC(C)[N-]2)C1.O.[Cu+2]. The third-order valence-corrected chi connectivity index (χ3v) is 8.22. The first-order valence-corrected chi connectivity index (χ1v) is 13.9. The van der Waals surface area contributed by atoms with Crippen molar-refractivity contribution in [1.29, 1.82) is 0 Å². The molecule has 4 aliphatic heterocycles. The maximum Gasteiger partial charge on any atom is 2.00 e. The van der Waals surface area contributed by atoms with Crippen molar-refractivity contribution in [2.24, 2.45) is 23.7 Å². The Morgan fingerprint density at radius 1 is 0.353 bits per heavy atom. The van der Waals surface area contributed by atoms with Crippen LogP contribution in [0.1, 0.15) is 107 Å². The van der Waals surface area contributed by atoms with Crippen molar-refractivity contribution in [2.45, 2.75) is 155 Å². The van der Waals surface area contributed by atoms with Crippen LogP contribution in [0.25, 0.3) is 21.3 Å². The summed E-state index contributed by atoms with van der Waals surface area (Å²) in [5.41, 5.74) is 0. The molecule has 1 radical (unpaired) electrons. The standard InChI is InChI=1S/2C14H26N2.Cu.H2O/c2*1-9-5-11(3)15-13(7-9)14-8-10(2)6-12(4)16-14;;/h2*9-14H,5-8H2,1-4H3;;1H2/q2*-2;+2;. The molecule has 34 heavy (non-hydrogen) atoms. The molecular formula is C28H54CuN4O-2. The van der Waals surface area contributed by atoms with E-state index in [1.165, 1.54) is 51.4 Å². The molecule has 6 heteroatoms. The Kier molecular flexibility index (Phi) is 14.2. The Morgan fingerprint density at radius 3 is 0.676 bits per heavy atom. The number of hydrogen-bond acceptors (Lipinski definition) is 0. The Morgan fingerprint density at radius 2 is 0.529 bits per heavy atom. The van der Waals surface area contributed by atoms with Gasteiger partial charge in [0.15, 0.2) is 0 Å². The van der Waals surface area contributed by atoms with E-state index in [1.54, 1.807) is 0 Å². The second-order valence-corrected chi connectivity index (χ2v) is 12.6. The topological polar surface area (TPSA) is 87.9 Å². The zero-order valence-corrected chi connectivity index (χ0v) is 24.1. The summed E-state index contributed by atoms with van der Waals surface area (Å²) in [5, 5.41) is 19.7. The molecule has 0 spiro atoms. The summed E-state index contributed by atoms with van der Waals surface area (Å²) in [4.78, 5) is 0. The van der Waals surface area contributed by atoms with Crippen molar-refractivity contribution in [3.63, 3.8) is 0 Å². The quantitative estimate of drug-likeness (QED) is 0.336. The Balaban J connectivity index is 0.000000321. The van der Waals surface area contributed by atoms with Gasteiger partial charge in [0.1, 0.15) is 0 Å². The number of nitrogens with zero attached hydrogens (tertiary/aromatic N) is 4. The fraction of sp³-hybridized carbons (Fsp3) is 1.00. The summed E-state index contributed by atoms with van der Waals surface area (Å²) >= 11 is 0. The normalized spacial score (nSPS) is 47.3. The van der Waals surface area contributed by atoms with Gasteiger partial charge in [0, 0.05) is 0 Å². The second-order valence-electron chi connectivity index (χ2n) is 12.6. The predicted molar refractivity (Wildman–Crippen MR) is 144 cm³/mol. The van der Waals surface area contributed by atoms with Crippen molar-refractivity contribution < 1.29 is 22.5 Å². The van der Waals surface area contributed by atoms with E-state index >= 15 is 0 Å². The second kappa shape index (κ2) is 14.9. The molecule has 0 bridgehead atoms. The summed E-state index contributed by atoms with van der Waals surface area (Å²) < 4.78 is 0. The van der Waals surface area contributed by atoms with Gasteiger partial charge in [-0.1, -0.05) is 107 Å². The average molecular weight is 526 g/mol. The molecule has 205 valence electrons. The van der Waals surface area contributed by atoms with Gasteiger partial charge in [0.25, 0.3) is 0 Å². The van der Waals surface area contributed by atoms with Crippen LogP contribution in [0, 0.1) is 23.7 Å². The van der Waals surface area contributed by atoms with Gasteiger partial charge in [-0.2, -0.15) is 24.2 Å². The Bertz CT molecular complexity index is 431. The summed E-state index contributed by atoms with van der Waals surface area (Å²) in [7, 11) is 0. The first-order valence-electron chi connectivity index (χ1n) is 13.9. The minimum Gasteiger partial charge on any atom is -0.658 e. The van der Waals surface area contributed by atoms with Gasteiger partial charge < -0.3 is 26.7 Å². The first kappa shape index (κ1) is 32.3. The van der Waals surface area contributed by atoms with Crippen molar-refractivity contribution in [2.75, 3.05) is 0 Å². The van der Waals surface area contributed by atoms with Gasteiger partial charge in [-0.25, -0.2) is 0 Å². The first-order chi connectivity index (χ1) is 15.1. The smallest absolute Gasteiger partial charge is 0.658 e. The summed E-state index contributed by atoms with van der Waals surface area (Å²) in [6.07, 6.45) is 10.1. The van der Waals surface area contributed by atoms with Crippen LogP contribution in [0.2, 0.25) is 0 Å². The van der Waals surface area contributed by atoms with Crippen LogP contribution < -0.4 is 0 Å². The molecule has 0 aliphatic carbocycles. The van der Waals surface area contributed by atoms with Crippen LogP contribution in [-0.2, 0) is 17.1 Å². The van der Waals surface area contributed by atoms with Crippen LogP contribution in [0.3, 0.4) is 0 Å². The van der Waals surface area contributed by atoms with Crippen LogP contribution in [0.15, 0.2) is 0 Å². The van der Waals surface area contributed by atoms with Crippen LogP contribution in [0.5, 0.6) is 0 Å². The summed E-state index contributed by atoms with van der Waals surface area (Å²) in [6, 6.07) is 4.28. The van der Waals surface area contributed by atoms with Crippen molar-refractivity contribution >= 4 is 0 Å². The molecule has 4 saturated heterocycles. The fourth-order valence-corrected chi connectivity index (χ4v) is 7.18. The molecule has 4 heterocycles. The largest absolute Gasteiger partial charge is 2.00 e. The predicted octanol–water partition coefficient (Wildman–Crippen LogP) is 7.39. The maximum absolute atomic E-state index is 4.93. The molecule has 0 aromatic heterocycles. The van der Waals surface area contributed by atoms with E-state index in [2.05, 4.69) is 55.4 Å². The zero-order valence-electron chi connectivity index (χ0n) is 23.2. The molecule has 0 aromatic rings. The minimum atomic E-state index is 0. The number of rotatable bonds is 2. The van der Waals surface area contributed by atoms with Crippen LogP contribution in [0.4, 0.5) is 0 Å². The van der Waals surface area contributed by atoms with Gasteiger partial charge in [0.05, 0.1) is 0 Å². The van der Waals surface area contributed by atoms with Gasteiger partial charge in [0.2, 0.25) is 0 Å². The van der Waals surface area contributed by atoms with E-state index in [4.69, 9.17) is 21.3 Å². The van der Waals surface area contributed by atoms with Crippen molar-refractivity contribution in [3.05, 3.63) is 21.3 Å². The van der Waals surface area contributed by atoms with E-state index in [1.807, 2.05) is 0 Å². The molecule has 5 nitrogen and oxygen atoms in total. The van der Waals surface area contributed by atoms with Crippen LogP contribution >= 0.6 is 0 Å². The molecule has 12 atom stereocenters. The van der Waals surface area contributed by atoms with E-state index in [9.17, 15) is 0 Å². The third-order valence-electron chi connectivity index (χ3n) is 8.22. The molecule has 0 amide bonds. The summed E-state index contributed by atoms with van der Waals surface area (Å²) in [6.45, 7) is 18.5. The Labute approximate surface area is 222 Å². The maximum atomic E-state index is 4.93. The van der Waals surface area contributed by atoms with Gasteiger partial charge in [-0.3, -0.25) is 0 Å². The molecule has 4 fully saturated rings. The van der Waals surface area contributed by atoms with Crippen molar-refractivity contribution in [1.82, 2.24) is 0 Å². The molecule has 4 aliphatic rings. The molecule has 2 N–H and O–H groups in total.